The zero-order valence-corrected chi connectivity index (χ0v) is 14.6. The molecule has 0 fully saturated rings. The van der Waals surface area contributed by atoms with E-state index in [2.05, 4.69) is 10.4 Å². The molecule has 0 saturated heterocycles. The first-order valence-electron chi connectivity index (χ1n) is 7.77. The molecule has 0 bridgehead atoms. The van der Waals surface area contributed by atoms with Crippen LogP contribution in [0.4, 0.5) is 5.69 Å². The van der Waals surface area contributed by atoms with Crippen molar-refractivity contribution in [2.24, 2.45) is 0 Å². The summed E-state index contributed by atoms with van der Waals surface area (Å²) >= 11 is 5.87. The van der Waals surface area contributed by atoms with Crippen LogP contribution in [0.25, 0.3) is 5.69 Å². The highest BCUT2D eigenvalue weighted by atomic mass is 35.5. The second-order valence-corrected chi connectivity index (χ2v) is 6.15. The Hall–Kier alpha value is -3.19. The molecule has 0 radical (unpaired) electrons. The van der Waals surface area contributed by atoms with Gasteiger partial charge in [-0.1, -0.05) is 17.7 Å². The Morgan fingerprint density at radius 3 is 2.69 bits per heavy atom. The van der Waals surface area contributed by atoms with Crippen LogP contribution in [0.5, 0.6) is 0 Å². The number of amides is 1. The number of aryl methyl sites for hydroxylation is 1. The van der Waals surface area contributed by atoms with Crippen molar-refractivity contribution in [1.82, 2.24) is 15.1 Å². The average Bonchev–Trinajstić information content (AvgIpc) is 3.09. The molecule has 1 N–H and O–H groups in total. The van der Waals surface area contributed by atoms with E-state index in [1.165, 1.54) is 12.1 Å². The Morgan fingerprint density at radius 1 is 1.27 bits per heavy atom. The lowest BCUT2D eigenvalue weighted by atomic mass is 10.1. The van der Waals surface area contributed by atoms with E-state index in [4.69, 9.17) is 11.6 Å². The van der Waals surface area contributed by atoms with Crippen molar-refractivity contribution in [2.45, 2.75) is 13.5 Å². The summed E-state index contributed by atoms with van der Waals surface area (Å²) in [5.41, 5.74) is 2.49. The monoisotopic (exact) mass is 370 g/mol. The van der Waals surface area contributed by atoms with Gasteiger partial charge in [-0.3, -0.25) is 14.9 Å². The smallest absolute Gasteiger partial charge is 0.270 e. The summed E-state index contributed by atoms with van der Waals surface area (Å²) in [6, 6.07) is 11.4. The first-order chi connectivity index (χ1) is 12.4. The van der Waals surface area contributed by atoms with E-state index < -0.39 is 4.92 Å². The van der Waals surface area contributed by atoms with Gasteiger partial charge in [0.2, 0.25) is 0 Å². The molecule has 132 valence electrons. The molecule has 0 aliphatic heterocycles. The minimum atomic E-state index is -0.521. The largest absolute Gasteiger partial charge is 0.348 e. The normalized spacial score (nSPS) is 10.5. The molecular formula is C18H15ClN4O3. The fraction of sp³-hybridized carbons (Fsp3) is 0.111. The molecule has 1 aromatic heterocycles. The van der Waals surface area contributed by atoms with Gasteiger partial charge >= 0.3 is 0 Å². The van der Waals surface area contributed by atoms with E-state index in [9.17, 15) is 14.9 Å². The van der Waals surface area contributed by atoms with Crippen LogP contribution in [0.3, 0.4) is 0 Å². The molecule has 3 rings (SSSR count). The average molecular weight is 371 g/mol. The number of benzene rings is 2. The van der Waals surface area contributed by atoms with Gasteiger partial charge in [0.25, 0.3) is 11.6 Å². The predicted molar refractivity (Wildman–Crippen MR) is 97.6 cm³/mol. The third-order valence-electron chi connectivity index (χ3n) is 3.86. The van der Waals surface area contributed by atoms with Crippen LogP contribution in [0, 0.1) is 17.0 Å². The molecule has 3 aromatic rings. The molecule has 0 unspecified atom stereocenters. The van der Waals surface area contributed by atoms with E-state index >= 15 is 0 Å². The van der Waals surface area contributed by atoms with Gasteiger partial charge in [-0.15, -0.1) is 0 Å². The molecule has 1 heterocycles. The van der Waals surface area contributed by atoms with E-state index in [0.717, 1.165) is 11.3 Å². The van der Waals surface area contributed by atoms with E-state index in [1.54, 1.807) is 42.2 Å². The standard InChI is InChI=1S/C18H15ClN4O3/c1-12-2-5-16(23(25)26)8-17(12)18(24)20-9-13-10-21-22(11-13)15-6-3-14(19)4-7-15/h2-8,10-11H,9H2,1H3,(H,20,24). The minimum absolute atomic E-state index is 0.115. The zero-order valence-electron chi connectivity index (χ0n) is 13.8. The maximum atomic E-state index is 12.4. The Balaban J connectivity index is 1.70. The summed E-state index contributed by atoms with van der Waals surface area (Å²) in [5.74, 6) is -0.370. The van der Waals surface area contributed by atoms with Gasteiger partial charge in [-0.2, -0.15) is 5.10 Å². The third-order valence-corrected chi connectivity index (χ3v) is 4.11. The van der Waals surface area contributed by atoms with Crippen LogP contribution in [-0.2, 0) is 6.54 Å². The number of hydrogen-bond donors (Lipinski definition) is 1. The number of hydrogen-bond acceptors (Lipinski definition) is 4. The number of halogens is 1. The topological polar surface area (TPSA) is 90.1 Å². The number of nitrogens with one attached hydrogen (secondary N) is 1. The quantitative estimate of drug-likeness (QED) is 0.548. The molecule has 26 heavy (non-hydrogen) atoms. The number of carbonyl (C=O) groups is 1. The van der Waals surface area contributed by atoms with Gasteiger partial charge < -0.3 is 5.32 Å². The van der Waals surface area contributed by atoms with Gasteiger partial charge in [-0.25, -0.2) is 4.68 Å². The number of aromatic nitrogens is 2. The van der Waals surface area contributed by atoms with Crippen molar-refractivity contribution in [2.75, 3.05) is 0 Å². The van der Waals surface area contributed by atoms with Gasteiger partial charge in [0.05, 0.1) is 16.8 Å². The molecule has 2 aromatic carbocycles. The molecule has 0 saturated carbocycles. The molecule has 0 aliphatic carbocycles. The molecule has 7 nitrogen and oxygen atoms in total. The van der Waals surface area contributed by atoms with E-state index in [0.29, 0.717) is 10.6 Å². The SMILES string of the molecule is Cc1ccc([N+](=O)[O-])cc1C(=O)NCc1cnn(-c2ccc(Cl)cc2)c1. The lowest BCUT2D eigenvalue weighted by Gasteiger charge is -2.06. The second kappa shape index (κ2) is 7.37. The molecule has 0 aliphatic rings. The summed E-state index contributed by atoms with van der Waals surface area (Å²) in [5, 5.41) is 18.5. The maximum Gasteiger partial charge on any atom is 0.270 e. The number of rotatable bonds is 5. The highest BCUT2D eigenvalue weighted by molar-refractivity contribution is 6.30. The van der Waals surface area contributed by atoms with Crippen molar-refractivity contribution in [3.05, 3.63) is 86.7 Å². The Labute approximate surface area is 154 Å². The Bertz CT molecular complexity index is 967. The number of nitro benzene ring substituents is 1. The van der Waals surface area contributed by atoms with Crippen LogP contribution >= 0.6 is 11.6 Å². The summed E-state index contributed by atoms with van der Waals surface area (Å²) in [4.78, 5) is 22.7. The fourth-order valence-corrected chi connectivity index (χ4v) is 2.56. The van der Waals surface area contributed by atoms with Crippen molar-refractivity contribution in [1.29, 1.82) is 0 Å². The summed E-state index contributed by atoms with van der Waals surface area (Å²) in [6.45, 7) is 1.99. The maximum absolute atomic E-state index is 12.4. The number of nitrogens with zero attached hydrogens (tertiary/aromatic N) is 3. The minimum Gasteiger partial charge on any atom is -0.348 e. The fourth-order valence-electron chi connectivity index (χ4n) is 2.43. The van der Waals surface area contributed by atoms with Gasteiger partial charge in [0, 0.05) is 41.0 Å². The first kappa shape index (κ1) is 17.6. The number of nitro groups is 1. The highest BCUT2D eigenvalue weighted by Crippen LogP contribution is 2.17. The predicted octanol–water partition coefficient (Wildman–Crippen LogP) is 3.67. The Kier molecular flexibility index (Phi) is 4.99. The van der Waals surface area contributed by atoms with Crippen LogP contribution < -0.4 is 5.32 Å². The first-order valence-corrected chi connectivity index (χ1v) is 8.14. The van der Waals surface area contributed by atoms with Crippen molar-refractivity contribution in [3.8, 4) is 5.69 Å². The third kappa shape index (κ3) is 3.89. The van der Waals surface area contributed by atoms with Crippen molar-refractivity contribution in [3.63, 3.8) is 0 Å². The summed E-state index contributed by atoms with van der Waals surface area (Å²) in [7, 11) is 0. The van der Waals surface area contributed by atoms with Crippen LogP contribution in [0.1, 0.15) is 21.5 Å². The lowest BCUT2D eigenvalue weighted by Crippen LogP contribution is -2.23. The number of carbonyl (C=O) groups excluding carboxylic acids is 1. The van der Waals surface area contributed by atoms with Crippen molar-refractivity contribution >= 4 is 23.2 Å². The van der Waals surface area contributed by atoms with Gasteiger partial charge in [0.15, 0.2) is 0 Å². The Morgan fingerprint density at radius 2 is 2.00 bits per heavy atom. The molecular weight excluding hydrogens is 356 g/mol. The summed E-state index contributed by atoms with van der Waals surface area (Å²) in [6.07, 6.45) is 3.44. The van der Waals surface area contributed by atoms with E-state index in [1.807, 2.05) is 12.1 Å². The van der Waals surface area contributed by atoms with Crippen molar-refractivity contribution < 1.29 is 9.72 Å². The van der Waals surface area contributed by atoms with E-state index in [-0.39, 0.29) is 23.7 Å². The molecule has 0 spiro atoms. The van der Waals surface area contributed by atoms with Crippen LogP contribution in [0.15, 0.2) is 54.9 Å². The summed E-state index contributed by atoms with van der Waals surface area (Å²) < 4.78 is 1.68. The number of non-ortho nitro benzene ring substituents is 1. The zero-order chi connectivity index (χ0) is 18.7. The van der Waals surface area contributed by atoms with Crippen LogP contribution in [-0.4, -0.2) is 20.6 Å². The van der Waals surface area contributed by atoms with Gasteiger partial charge in [-0.05, 0) is 36.8 Å². The second-order valence-electron chi connectivity index (χ2n) is 5.71. The molecule has 1 amide bonds. The molecule has 0 atom stereocenters. The molecule has 8 heteroatoms. The van der Waals surface area contributed by atoms with Crippen LogP contribution in [0.2, 0.25) is 5.02 Å². The highest BCUT2D eigenvalue weighted by Gasteiger charge is 2.14. The lowest BCUT2D eigenvalue weighted by molar-refractivity contribution is -0.384. The van der Waals surface area contributed by atoms with Gasteiger partial charge in [0.1, 0.15) is 0 Å².